The van der Waals surface area contributed by atoms with Gasteiger partial charge >= 0.3 is 0 Å². The summed E-state index contributed by atoms with van der Waals surface area (Å²) in [7, 11) is 1.86. The van der Waals surface area contributed by atoms with E-state index in [-0.39, 0.29) is 11.9 Å². The van der Waals surface area contributed by atoms with Crippen molar-refractivity contribution in [2.75, 3.05) is 26.4 Å². The average molecular weight is 202 g/mol. The molecule has 0 spiro atoms. The van der Waals surface area contributed by atoms with Crippen LogP contribution < -0.4 is 5.32 Å². The Bertz CT molecular complexity index is 186. The third kappa shape index (κ3) is 2.88. The third-order valence-corrected chi connectivity index (χ3v) is 3.45. The molecule has 2 unspecified atom stereocenters. The van der Waals surface area contributed by atoms with Crippen LogP contribution in [0.4, 0.5) is 0 Å². The summed E-state index contributed by atoms with van der Waals surface area (Å²) in [5.41, 5.74) is 0. The highest BCUT2D eigenvalue weighted by Crippen LogP contribution is 2.10. The molecule has 1 N–H and O–H groups in total. The second-order valence-corrected chi connectivity index (χ2v) is 4.83. The molecule has 1 fully saturated rings. The van der Waals surface area contributed by atoms with Crippen molar-refractivity contribution < 1.29 is 4.79 Å². The molecule has 1 rings (SSSR count). The van der Waals surface area contributed by atoms with E-state index >= 15 is 0 Å². The van der Waals surface area contributed by atoms with Gasteiger partial charge in [-0.2, -0.15) is 11.8 Å². The lowest BCUT2D eigenvalue weighted by atomic mass is 10.2. The maximum atomic E-state index is 11.5. The van der Waals surface area contributed by atoms with Gasteiger partial charge in [0.1, 0.15) is 0 Å². The predicted molar refractivity (Wildman–Crippen MR) is 57.0 cm³/mol. The van der Waals surface area contributed by atoms with E-state index in [1.54, 1.807) is 4.90 Å². The van der Waals surface area contributed by atoms with E-state index in [0.717, 1.165) is 19.5 Å². The molecule has 0 aromatic carbocycles. The molecule has 0 radical (unpaired) electrons. The van der Waals surface area contributed by atoms with Crippen LogP contribution in [0.15, 0.2) is 0 Å². The average Bonchev–Trinajstić information content (AvgIpc) is 2.44. The van der Waals surface area contributed by atoms with Crippen molar-refractivity contribution in [2.24, 2.45) is 0 Å². The van der Waals surface area contributed by atoms with Crippen LogP contribution in [0, 0.1) is 0 Å². The van der Waals surface area contributed by atoms with Gasteiger partial charge in [0.05, 0.1) is 6.04 Å². The van der Waals surface area contributed by atoms with Gasteiger partial charge in [-0.15, -0.1) is 0 Å². The van der Waals surface area contributed by atoms with Crippen molar-refractivity contribution in [3.05, 3.63) is 0 Å². The van der Waals surface area contributed by atoms with E-state index in [1.807, 2.05) is 18.8 Å². The highest BCUT2D eigenvalue weighted by molar-refractivity contribution is 7.99. The maximum absolute atomic E-state index is 11.5. The summed E-state index contributed by atoms with van der Waals surface area (Å²) in [6, 6.07) is 0.0691. The number of hydrogen-bond donors (Lipinski definition) is 1. The molecular weight excluding hydrogens is 184 g/mol. The van der Waals surface area contributed by atoms with Crippen LogP contribution in [-0.4, -0.2) is 48.5 Å². The van der Waals surface area contributed by atoms with Crippen molar-refractivity contribution >= 4 is 17.7 Å². The first-order valence-corrected chi connectivity index (χ1v) is 5.95. The first-order chi connectivity index (χ1) is 6.15. The fourth-order valence-electron chi connectivity index (χ4n) is 1.40. The minimum atomic E-state index is 0.0691. The van der Waals surface area contributed by atoms with Crippen LogP contribution in [0.3, 0.4) is 0 Å². The molecule has 0 aliphatic carbocycles. The lowest BCUT2D eigenvalue weighted by Gasteiger charge is -2.14. The van der Waals surface area contributed by atoms with Crippen LogP contribution in [0.1, 0.15) is 13.3 Å². The van der Waals surface area contributed by atoms with E-state index in [9.17, 15) is 4.79 Å². The number of carbonyl (C=O) groups is 1. The van der Waals surface area contributed by atoms with Crippen molar-refractivity contribution in [3.63, 3.8) is 0 Å². The van der Waals surface area contributed by atoms with Crippen molar-refractivity contribution in [1.29, 1.82) is 0 Å². The molecule has 13 heavy (non-hydrogen) atoms. The first kappa shape index (κ1) is 10.9. The predicted octanol–water partition coefficient (Wildman–Crippen LogP) is 0.558. The molecule has 1 heterocycles. The number of amides is 1. The maximum Gasteiger partial charge on any atom is 0.239 e. The summed E-state index contributed by atoms with van der Waals surface area (Å²) < 4.78 is 0. The number of thioether (sulfide) groups is 1. The Hall–Kier alpha value is -0.220. The Balaban J connectivity index is 2.26. The smallest absolute Gasteiger partial charge is 0.239 e. The van der Waals surface area contributed by atoms with Crippen LogP contribution >= 0.6 is 11.8 Å². The second kappa shape index (κ2) is 4.86. The second-order valence-electron chi connectivity index (χ2n) is 3.56. The molecule has 0 aromatic rings. The molecule has 3 nitrogen and oxygen atoms in total. The molecule has 2 atom stereocenters. The largest absolute Gasteiger partial charge is 0.344 e. The SMILES string of the molecule is CSC(C)CNC1CCN(C)C1=O. The van der Waals surface area contributed by atoms with Gasteiger partial charge in [0.25, 0.3) is 0 Å². The molecule has 1 amide bonds. The molecule has 4 heteroatoms. The Labute approximate surface area is 84.2 Å². The summed E-state index contributed by atoms with van der Waals surface area (Å²) in [6.45, 7) is 3.98. The van der Waals surface area contributed by atoms with Gasteiger partial charge in [0.15, 0.2) is 0 Å². The molecule has 0 saturated carbocycles. The van der Waals surface area contributed by atoms with Crippen LogP contribution in [0.25, 0.3) is 0 Å². The number of rotatable bonds is 4. The lowest BCUT2D eigenvalue weighted by molar-refractivity contribution is -0.128. The third-order valence-electron chi connectivity index (χ3n) is 2.48. The number of likely N-dealkylation sites (N-methyl/N-ethyl adjacent to an activating group) is 1. The zero-order valence-corrected chi connectivity index (χ0v) is 9.36. The van der Waals surface area contributed by atoms with Gasteiger partial charge in [-0.25, -0.2) is 0 Å². The van der Waals surface area contributed by atoms with Crippen molar-refractivity contribution in [3.8, 4) is 0 Å². The summed E-state index contributed by atoms with van der Waals surface area (Å²) in [4.78, 5) is 13.3. The molecule has 1 saturated heterocycles. The van der Waals surface area contributed by atoms with Crippen molar-refractivity contribution in [2.45, 2.75) is 24.6 Å². The zero-order valence-electron chi connectivity index (χ0n) is 8.54. The fourth-order valence-corrected chi connectivity index (χ4v) is 1.67. The van der Waals surface area contributed by atoms with E-state index in [0.29, 0.717) is 5.25 Å². The topological polar surface area (TPSA) is 32.3 Å². The van der Waals surface area contributed by atoms with Gasteiger partial charge in [-0.1, -0.05) is 6.92 Å². The van der Waals surface area contributed by atoms with Crippen LogP contribution in [-0.2, 0) is 4.79 Å². The molecular formula is C9H18N2OS. The standard InChI is InChI=1S/C9H18N2OS/c1-7(13-3)6-10-8-4-5-11(2)9(8)12/h7-8,10H,4-6H2,1-3H3. The Kier molecular flexibility index (Phi) is 4.06. The number of carbonyl (C=O) groups excluding carboxylic acids is 1. The van der Waals surface area contributed by atoms with E-state index in [2.05, 4.69) is 18.5 Å². The number of likely N-dealkylation sites (tertiary alicyclic amines) is 1. The molecule has 1 aliphatic rings. The van der Waals surface area contributed by atoms with Gasteiger partial charge in [0.2, 0.25) is 5.91 Å². The zero-order chi connectivity index (χ0) is 9.84. The summed E-state index contributed by atoms with van der Waals surface area (Å²) in [5.74, 6) is 0.244. The number of nitrogens with one attached hydrogen (secondary N) is 1. The summed E-state index contributed by atoms with van der Waals surface area (Å²) >= 11 is 1.82. The molecule has 76 valence electrons. The van der Waals surface area contributed by atoms with E-state index in [4.69, 9.17) is 0 Å². The van der Waals surface area contributed by atoms with Gasteiger partial charge in [-0.3, -0.25) is 4.79 Å². The highest BCUT2D eigenvalue weighted by Gasteiger charge is 2.28. The first-order valence-electron chi connectivity index (χ1n) is 4.66. The van der Waals surface area contributed by atoms with Gasteiger partial charge in [-0.05, 0) is 12.7 Å². The monoisotopic (exact) mass is 202 g/mol. The normalized spacial score (nSPS) is 25.3. The molecule has 0 bridgehead atoms. The molecule has 0 aromatic heterocycles. The Morgan fingerprint density at radius 1 is 1.77 bits per heavy atom. The van der Waals surface area contributed by atoms with Crippen LogP contribution in [0.5, 0.6) is 0 Å². The van der Waals surface area contributed by atoms with Gasteiger partial charge < -0.3 is 10.2 Å². The number of nitrogens with zero attached hydrogens (tertiary/aromatic N) is 1. The molecule has 1 aliphatic heterocycles. The van der Waals surface area contributed by atoms with E-state index in [1.165, 1.54) is 0 Å². The van der Waals surface area contributed by atoms with Crippen molar-refractivity contribution in [1.82, 2.24) is 10.2 Å². The summed E-state index contributed by atoms with van der Waals surface area (Å²) in [6.07, 6.45) is 3.05. The Morgan fingerprint density at radius 2 is 2.46 bits per heavy atom. The highest BCUT2D eigenvalue weighted by atomic mass is 32.2. The van der Waals surface area contributed by atoms with Crippen LogP contribution in [0.2, 0.25) is 0 Å². The fraction of sp³-hybridized carbons (Fsp3) is 0.889. The van der Waals surface area contributed by atoms with E-state index < -0.39 is 0 Å². The minimum Gasteiger partial charge on any atom is -0.344 e. The quantitative estimate of drug-likeness (QED) is 0.723. The summed E-state index contributed by atoms with van der Waals surface area (Å²) in [5, 5.41) is 3.88. The number of hydrogen-bond acceptors (Lipinski definition) is 3. The lowest BCUT2D eigenvalue weighted by Crippen LogP contribution is -2.39. The minimum absolute atomic E-state index is 0.0691. The van der Waals surface area contributed by atoms with Gasteiger partial charge in [0, 0.05) is 25.4 Å². The Morgan fingerprint density at radius 3 is 2.92 bits per heavy atom.